The Bertz CT molecular complexity index is 528. The molecule has 0 radical (unpaired) electrons. The quantitative estimate of drug-likeness (QED) is 0.853. The summed E-state index contributed by atoms with van der Waals surface area (Å²) in [6.07, 6.45) is 0.730. The summed E-state index contributed by atoms with van der Waals surface area (Å²) in [6.45, 7) is 3.83. The number of hydrogen-bond acceptors (Lipinski definition) is 4. The number of carbonyl (C=O) groups is 2. The molecule has 1 aliphatic rings. The highest BCUT2D eigenvalue weighted by atomic mass is 16.6. The first-order valence-electron chi connectivity index (χ1n) is 6.14. The van der Waals surface area contributed by atoms with Crippen molar-refractivity contribution in [2.75, 3.05) is 19.8 Å². The van der Waals surface area contributed by atoms with Crippen molar-refractivity contribution in [2.45, 2.75) is 6.04 Å². The summed E-state index contributed by atoms with van der Waals surface area (Å²) < 4.78 is 10.4. The Labute approximate surface area is 116 Å². The first-order valence-corrected chi connectivity index (χ1v) is 6.14. The van der Waals surface area contributed by atoms with Gasteiger partial charge in [-0.05, 0) is 6.07 Å². The van der Waals surface area contributed by atoms with Crippen LogP contribution in [0.2, 0.25) is 0 Å². The fourth-order valence-corrected chi connectivity index (χ4v) is 2.06. The van der Waals surface area contributed by atoms with Crippen LogP contribution in [0.3, 0.4) is 0 Å². The maximum Gasteiger partial charge on any atom is 0.411 e. The zero-order chi connectivity index (χ0) is 14.5. The van der Waals surface area contributed by atoms with Crippen molar-refractivity contribution in [3.05, 3.63) is 42.5 Å². The number of para-hydroxylation sites is 1. The fraction of sp³-hybridized carbons (Fsp3) is 0.286. The highest BCUT2D eigenvalue weighted by Gasteiger charge is 2.36. The van der Waals surface area contributed by atoms with Gasteiger partial charge in [-0.25, -0.2) is 9.59 Å². The van der Waals surface area contributed by atoms with E-state index in [0.29, 0.717) is 11.3 Å². The van der Waals surface area contributed by atoms with Gasteiger partial charge in [0.15, 0.2) is 6.04 Å². The van der Waals surface area contributed by atoms with E-state index < -0.39 is 18.1 Å². The van der Waals surface area contributed by atoms with E-state index in [-0.39, 0.29) is 19.8 Å². The van der Waals surface area contributed by atoms with E-state index in [9.17, 15) is 14.7 Å². The Hall–Kier alpha value is -2.50. The van der Waals surface area contributed by atoms with Gasteiger partial charge in [-0.1, -0.05) is 30.9 Å². The number of ether oxygens (including phenoxy) is 2. The number of fused-ring (bicyclic) bond motifs is 1. The van der Waals surface area contributed by atoms with Crippen LogP contribution in [0.15, 0.2) is 36.9 Å². The molecule has 0 saturated carbocycles. The molecule has 1 N–H and O–H groups in total. The van der Waals surface area contributed by atoms with Crippen molar-refractivity contribution in [2.24, 2.45) is 0 Å². The van der Waals surface area contributed by atoms with E-state index in [1.807, 2.05) is 0 Å². The minimum atomic E-state index is -1.13. The summed E-state index contributed by atoms with van der Waals surface area (Å²) >= 11 is 0. The number of benzene rings is 1. The summed E-state index contributed by atoms with van der Waals surface area (Å²) in [5.41, 5.74) is 0.438. The minimum Gasteiger partial charge on any atom is -0.491 e. The summed E-state index contributed by atoms with van der Waals surface area (Å²) in [4.78, 5) is 24.7. The lowest BCUT2D eigenvalue weighted by molar-refractivity contribution is -0.142. The number of carbonyl (C=O) groups excluding carboxylic acids is 1. The van der Waals surface area contributed by atoms with Crippen molar-refractivity contribution in [1.29, 1.82) is 0 Å². The second kappa shape index (κ2) is 6.10. The Morgan fingerprint density at radius 1 is 1.50 bits per heavy atom. The van der Waals surface area contributed by atoms with Crippen molar-refractivity contribution in [3.8, 4) is 5.75 Å². The number of nitrogens with zero attached hydrogens (tertiary/aromatic N) is 1. The molecule has 0 spiro atoms. The third-order valence-electron chi connectivity index (χ3n) is 2.91. The molecule has 106 valence electrons. The standard InChI is InChI=1S/C14H15NO5/c1-2-8-20-14(18)15-7-9-19-11-6-4-3-5-10(11)12(15)13(16)17/h2-6,12H,1,7-9H2,(H,16,17). The summed E-state index contributed by atoms with van der Waals surface area (Å²) in [5, 5.41) is 9.43. The molecule has 6 heteroatoms. The van der Waals surface area contributed by atoms with Crippen molar-refractivity contribution >= 4 is 12.1 Å². The zero-order valence-corrected chi connectivity index (χ0v) is 10.8. The van der Waals surface area contributed by atoms with Crippen molar-refractivity contribution in [3.63, 3.8) is 0 Å². The molecule has 1 atom stereocenters. The van der Waals surface area contributed by atoms with E-state index in [0.717, 1.165) is 4.90 Å². The van der Waals surface area contributed by atoms with Gasteiger partial charge in [0.1, 0.15) is 19.0 Å². The molecule has 1 amide bonds. The van der Waals surface area contributed by atoms with Gasteiger partial charge in [0.05, 0.1) is 6.54 Å². The average molecular weight is 277 g/mol. The Kier molecular flexibility index (Phi) is 4.24. The van der Waals surface area contributed by atoms with Crippen LogP contribution in [0.4, 0.5) is 4.79 Å². The SMILES string of the molecule is C=CCOC(=O)N1CCOc2ccccc2C1C(=O)O. The van der Waals surface area contributed by atoms with Crippen LogP contribution in [-0.4, -0.2) is 41.8 Å². The number of carboxylic acid groups (broad SMARTS) is 1. The molecule has 0 aromatic heterocycles. The van der Waals surface area contributed by atoms with Gasteiger partial charge in [-0.2, -0.15) is 0 Å². The molecule has 2 rings (SSSR count). The third kappa shape index (κ3) is 2.74. The fourth-order valence-electron chi connectivity index (χ4n) is 2.06. The van der Waals surface area contributed by atoms with Crippen LogP contribution in [0.1, 0.15) is 11.6 Å². The largest absolute Gasteiger partial charge is 0.491 e. The highest BCUT2D eigenvalue weighted by Crippen LogP contribution is 2.32. The molecule has 1 heterocycles. The van der Waals surface area contributed by atoms with Gasteiger partial charge >= 0.3 is 12.1 Å². The molecular formula is C14H15NO5. The van der Waals surface area contributed by atoms with Gasteiger partial charge < -0.3 is 14.6 Å². The summed E-state index contributed by atoms with van der Waals surface area (Å²) in [6, 6.07) is 5.66. The Morgan fingerprint density at radius 2 is 2.25 bits per heavy atom. The Morgan fingerprint density at radius 3 is 2.95 bits per heavy atom. The molecule has 0 aliphatic carbocycles. The normalized spacial score (nSPS) is 17.4. The lowest BCUT2D eigenvalue weighted by Crippen LogP contribution is -2.40. The predicted molar refractivity (Wildman–Crippen MR) is 70.6 cm³/mol. The number of rotatable bonds is 3. The number of hydrogen-bond donors (Lipinski definition) is 1. The average Bonchev–Trinajstić information content (AvgIpc) is 2.63. The lowest BCUT2D eigenvalue weighted by Gasteiger charge is -2.25. The van der Waals surface area contributed by atoms with E-state index >= 15 is 0 Å². The molecule has 0 fully saturated rings. The molecular weight excluding hydrogens is 262 g/mol. The molecule has 1 aliphatic heterocycles. The molecule has 0 bridgehead atoms. The molecule has 20 heavy (non-hydrogen) atoms. The molecule has 6 nitrogen and oxygen atoms in total. The lowest BCUT2D eigenvalue weighted by atomic mass is 10.1. The van der Waals surface area contributed by atoms with Crippen molar-refractivity contribution in [1.82, 2.24) is 4.90 Å². The smallest absolute Gasteiger partial charge is 0.411 e. The zero-order valence-electron chi connectivity index (χ0n) is 10.8. The van der Waals surface area contributed by atoms with Gasteiger partial charge in [-0.15, -0.1) is 0 Å². The second-order valence-electron chi connectivity index (χ2n) is 4.19. The first-order chi connectivity index (χ1) is 9.65. The maximum absolute atomic E-state index is 12.0. The summed E-state index contributed by atoms with van der Waals surface area (Å²) in [7, 11) is 0. The number of amides is 1. The van der Waals surface area contributed by atoms with E-state index in [2.05, 4.69) is 6.58 Å². The van der Waals surface area contributed by atoms with Gasteiger partial charge in [0.25, 0.3) is 0 Å². The van der Waals surface area contributed by atoms with Crippen LogP contribution < -0.4 is 4.74 Å². The molecule has 1 aromatic rings. The van der Waals surface area contributed by atoms with Crippen LogP contribution >= 0.6 is 0 Å². The Balaban J connectivity index is 2.35. The highest BCUT2D eigenvalue weighted by molar-refractivity contribution is 5.82. The monoisotopic (exact) mass is 277 g/mol. The van der Waals surface area contributed by atoms with E-state index in [1.54, 1.807) is 24.3 Å². The minimum absolute atomic E-state index is 0.0319. The van der Waals surface area contributed by atoms with E-state index in [4.69, 9.17) is 9.47 Å². The first kappa shape index (κ1) is 13.9. The van der Waals surface area contributed by atoms with Gasteiger partial charge in [-0.3, -0.25) is 4.90 Å². The van der Waals surface area contributed by atoms with Gasteiger partial charge in [0.2, 0.25) is 0 Å². The predicted octanol–water partition coefficient (Wildman–Crippen LogP) is 1.83. The number of carboxylic acids is 1. The van der Waals surface area contributed by atoms with Crippen LogP contribution in [0.25, 0.3) is 0 Å². The van der Waals surface area contributed by atoms with Crippen LogP contribution in [-0.2, 0) is 9.53 Å². The van der Waals surface area contributed by atoms with Crippen LogP contribution in [0, 0.1) is 0 Å². The van der Waals surface area contributed by atoms with Crippen LogP contribution in [0.5, 0.6) is 5.75 Å². The molecule has 0 saturated heterocycles. The third-order valence-corrected chi connectivity index (χ3v) is 2.91. The van der Waals surface area contributed by atoms with E-state index in [1.165, 1.54) is 6.08 Å². The van der Waals surface area contributed by atoms with Crippen molar-refractivity contribution < 1.29 is 24.2 Å². The molecule has 1 aromatic carbocycles. The second-order valence-corrected chi connectivity index (χ2v) is 4.19. The van der Waals surface area contributed by atoms with Gasteiger partial charge in [0, 0.05) is 5.56 Å². The maximum atomic E-state index is 12.0. The number of aliphatic carboxylic acids is 1. The summed E-state index contributed by atoms with van der Waals surface area (Å²) in [5.74, 6) is -0.655. The topological polar surface area (TPSA) is 76.1 Å². The molecule has 1 unspecified atom stereocenters.